The van der Waals surface area contributed by atoms with Gasteiger partial charge >= 0.3 is 0 Å². The van der Waals surface area contributed by atoms with E-state index in [0.29, 0.717) is 24.4 Å². The predicted octanol–water partition coefficient (Wildman–Crippen LogP) is 0.956. The molecule has 126 valence electrons. The van der Waals surface area contributed by atoms with Gasteiger partial charge in [-0.05, 0) is 37.1 Å². The standard InChI is InChI=1S/C17H20N4O2S/c18-10-12-3-5-13(6-4-12)20-7-1-2-14(17(20)23)21-8-9-24-11-15(21)16(19)22/h3-6,14-15H,1-2,7-9,11H2,(H2,19,22). The number of amides is 2. The molecule has 2 N–H and O–H groups in total. The molecule has 0 saturated carbocycles. The molecule has 2 fully saturated rings. The molecule has 2 unspecified atom stereocenters. The van der Waals surface area contributed by atoms with Crippen LogP contribution in [0.15, 0.2) is 24.3 Å². The van der Waals surface area contributed by atoms with Crippen LogP contribution in [-0.4, -0.2) is 53.4 Å². The third-order valence-corrected chi connectivity index (χ3v) is 5.64. The van der Waals surface area contributed by atoms with Gasteiger partial charge in [-0.3, -0.25) is 14.5 Å². The Labute approximate surface area is 145 Å². The predicted molar refractivity (Wildman–Crippen MR) is 93.5 cm³/mol. The largest absolute Gasteiger partial charge is 0.368 e. The van der Waals surface area contributed by atoms with Crippen LogP contribution in [0, 0.1) is 11.3 Å². The quantitative estimate of drug-likeness (QED) is 0.882. The number of carbonyl (C=O) groups excluding carboxylic acids is 2. The zero-order valence-electron chi connectivity index (χ0n) is 13.4. The Morgan fingerprint density at radius 3 is 2.71 bits per heavy atom. The number of piperidine rings is 1. The van der Waals surface area contributed by atoms with Gasteiger partial charge in [0.2, 0.25) is 11.8 Å². The lowest BCUT2D eigenvalue weighted by atomic mass is 10.00. The molecule has 7 heteroatoms. The van der Waals surface area contributed by atoms with Gasteiger partial charge in [0.1, 0.15) is 0 Å². The van der Waals surface area contributed by atoms with Crippen molar-refractivity contribution in [1.82, 2.24) is 4.90 Å². The first-order valence-corrected chi connectivity index (χ1v) is 9.21. The molecule has 24 heavy (non-hydrogen) atoms. The van der Waals surface area contributed by atoms with E-state index >= 15 is 0 Å². The maximum absolute atomic E-state index is 13.0. The summed E-state index contributed by atoms with van der Waals surface area (Å²) in [5, 5.41) is 8.90. The third kappa shape index (κ3) is 3.25. The highest BCUT2D eigenvalue weighted by atomic mass is 32.2. The molecular formula is C17H20N4O2S. The van der Waals surface area contributed by atoms with Gasteiger partial charge in [-0.25, -0.2) is 0 Å². The first-order chi connectivity index (χ1) is 11.6. The summed E-state index contributed by atoms with van der Waals surface area (Å²) >= 11 is 1.70. The molecule has 0 bridgehead atoms. The fourth-order valence-corrected chi connectivity index (χ4v) is 4.46. The molecule has 3 rings (SSSR count). The summed E-state index contributed by atoms with van der Waals surface area (Å²) in [6, 6.07) is 8.45. The minimum absolute atomic E-state index is 0.0177. The smallest absolute Gasteiger partial charge is 0.244 e. The summed E-state index contributed by atoms with van der Waals surface area (Å²) in [6.45, 7) is 1.36. The number of nitrogens with two attached hydrogens (primary N) is 1. The zero-order chi connectivity index (χ0) is 17.1. The van der Waals surface area contributed by atoms with Crippen LogP contribution >= 0.6 is 11.8 Å². The van der Waals surface area contributed by atoms with Crippen molar-refractivity contribution < 1.29 is 9.59 Å². The van der Waals surface area contributed by atoms with Gasteiger partial charge in [-0.2, -0.15) is 17.0 Å². The lowest BCUT2D eigenvalue weighted by Gasteiger charge is -2.43. The molecule has 1 aromatic rings. The number of nitriles is 1. The Hall–Kier alpha value is -2.04. The first kappa shape index (κ1) is 16.8. The van der Waals surface area contributed by atoms with Gasteiger partial charge in [-0.15, -0.1) is 0 Å². The number of hydrogen-bond acceptors (Lipinski definition) is 5. The summed E-state index contributed by atoms with van der Waals surface area (Å²) in [6.07, 6.45) is 1.63. The first-order valence-electron chi connectivity index (χ1n) is 8.06. The van der Waals surface area contributed by atoms with Crippen molar-refractivity contribution in [2.45, 2.75) is 24.9 Å². The minimum Gasteiger partial charge on any atom is -0.368 e. The van der Waals surface area contributed by atoms with Crippen LogP contribution in [0.25, 0.3) is 0 Å². The van der Waals surface area contributed by atoms with E-state index in [2.05, 4.69) is 6.07 Å². The number of nitrogens with zero attached hydrogens (tertiary/aromatic N) is 3. The average Bonchev–Trinajstić information content (AvgIpc) is 2.62. The number of benzene rings is 1. The minimum atomic E-state index is -0.376. The highest BCUT2D eigenvalue weighted by Gasteiger charge is 2.40. The molecule has 2 aliphatic rings. The average molecular weight is 344 g/mol. The Morgan fingerprint density at radius 2 is 2.04 bits per heavy atom. The summed E-state index contributed by atoms with van der Waals surface area (Å²) in [5.41, 5.74) is 6.91. The maximum Gasteiger partial charge on any atom is 0.244 e. The van der Waals surface area contributed by atoms with Crippen molar-refractivity contribution in [3.8, 4) is 6.07 Å². The number of rotatable bonds is 3. The number of thioether (sulfide) groups is 1. The van der Waals surface area contributed by atoms with E-state index in [1.165, 1.54) is 0 Å². The molecule has 0 aliphatic carbocycles. The summed E-state index contributed by atoms with van der Waals surface area (Å²) < 4.78 is 0. The van der Waals surface area contributed by atoms with Crippen molar-refractivity contribution in [2.24, 2.45) is 5.73 Å². The van der Waals surface area contributed by atoms with Crippen molar-refractivity contribution in [2.75, 3.05) is 29.5 Å². The SMILES string of the molecule is N#Cc1ccc(N2CCCC(N3CCSCC3C(N)=O)C2=O)cc1. The Bertz CT molecular complexity index is 670. The number of hydrogen-bond donors (Lipinski definition) is 1. The summed E-state index contributed by atoms with van der Waals surface area (Å²) in [5.74, 6) is 1.22. The van der Waals surface area contributed by atoms with Crippen LogP contribution in [-0.2, 0) is 9.59 Å². The molecule has 6 nitrogen and oxygen atoms in total. The van der Waals surface area contributed by atoms with E-state index in [1.54, 1.807) is 40.9 Å². The van der Waals surface area contributed by atoms with Crippen LogP contribution in [0.5, 0.6) is 0 Å². The van der Waals surface area contributed by atoms with E-state index in [4.69, 9.17) is 11.0 Å². The van der Waals surface area contributed by atoms with Gasteiger partial charge in [-0.1, -0.05) is 0 Å². The fourth-order valence-electron chi connectivity index (χ4n) is 3.37. The van der Waals surface area contributed by atoms with Crippen LogP contribution in [0.3, 0.4) is 0 Å². The lowest BCUT2D eigenvalue weighted by Crippen LogP contribution is -2.60. The Kier molecular flexibility index (Phi) is 5.07. The molecule has 2 heterocycles. The van der Waals surface area contributed by atoms with Crippen molar-refractivity contribution >= 4 is 29.3 Å². The van der Waals surface area contributed by atoms with Crippen molar-refractivity contribution in [1.29, 1.82) is 5.26 Å². The number of anilines is 1. The highest BCUT2D eigenvalue weighted by Crippen LogP contribution is 2.28. The van der Waals surface area contributed by atoms with Gasteiger partial charge in [0.25, 0.3) is 0 Å². The van der Waals surface area contributed by atoms with Crippen molar-refractivity contribution in [3.63, 3.8) is 0 Å². The van der Waals surface area contributed by atoms with E-state index in [1.807, 2.05) is 4.90 Å². The second-order valence-electron chi connectivity index (χ2n) is 6.04. The zero-order valence-corrected chi connectivity index (χ0v) is 14.2. The van der Waals surface area contributed by atoms with E-state index in [9.17, 15) is 9.59 Å². The fraction of sp³-hybridized carbons (Fsp3) is 0.471. The van der Waals surface area contributed by atoms with Crippen LogP contribution in [0.4, 0.5) is 5.69 Å². The second-order valence-corrected chi connectivity index (χ2v) is 7.19. The molecule has 2 aliphatic heterocycles. The Morgan fingerprint density at radius 1 is 1.29 bits per heavy atom. The van der Waals surface area contributed by atoms with Crippen molar-refractivity contribution in [3.05, 3.63) is 29.8 Å². The number of primary amides is 1. The molecule has 0 radical (unpaired) electrons. The van der Waals surface area contributed by atoms with Gasteiger partial charge in [0.15, 0.2) is 0 Å². The van der Waals surface area contributed by atoms with E-state index in [-0.39, 0.29) is 23.9 Å². The van der Waals surface area contributed by atoms with Crippen LogP contribution in [0.1, 0.15) is 18.4 Å². The second kappa shape index (κ2) is 7.24. The molecule has 2 atom stereocenters. The van der Waals surface area contributed by atoms with Crippen LogP contribution in [0.2, 0.25) is 0 Å². The molecular weight excluding hydrogens is 324 g/mol. The molecule has 1 aromatic carbocycles. The molecule has 0 aromatic heterocycles. The molecule has 2 amide bonds. The monoisotopic (exact) mass is 344 g/mol. The lowest BCUT2D eigenvalue weighted by molar-refractivity contribution is -0.130. The van der Waals surface area contributed by atoms with Crippen LogP contribution < -0.4 is 10.6 Å². The van der Waals surface area contributed by atoms with Gasteiger partial charge in [0.05, 0.1) is 23.7 Å². The van der Waals surface area contributed by atoms with Gasteiger partial charge in [0, 0.05) is 30.3 Å². The third-order valence-electron chi connectivity index (χ3n) is 4.62. The van der Waals surface area contributed by atoms with Gasteiger partial charge < -0.3 is 10.6 Å². The normalized spacial score (nSPS) is 25.3. The van der Waals surface area contributed by atoms with E-state index < -0.39 is 0 Å². The molecule has 2 saturated heterocycles. The van der Waals surface area contributed by atoms with E-state index in [0.717, 1.165) is 24.3 Å². The number of carbonyl (C=O) groups is 2. The highest BCUT2D eigenvalue weighted by molar-refractivity contribution is 7.99. The molecule has 0 spiro atoms. The Balaban J connectivity index is 1.81. The summed E-state index contributed by atoms with van der Waals surface area (Å²) in [4.78, 5) is 28.5. The topological polar surface area (TPSA) is 90.4 Å². The maximum atomic E-state index is 13.0. The summed E-state index contributed by atoms with van der Waals surface area (Å²) in [7, 11) is 0.